The molecular formula is C18H16ClN3O. The van der Waals surface area contributed by atoms with E-state index in [1.807, 2.05) is 54.6 Å². The van der Waals surface area contributed by atoms with Gasteiger partial charge in [0.15, 0.2) is 0 Å². The normalized spacial score (nSPS) is 10.3. The number of hydrogen-bond acceptors (Lipinski definition) is 4. The molecule has 1 aromatic heterocycles. The summed E-state index contributed by atoms with van der Waals surface area (Å²) in [4.78, 5) is 4.04. The number of nitrogens with one attached hydrogen (secondary N) is 1. The van der Waals surface area contributed by atoms with Crippen LogP contribution in [0.25, 0.3) is 0 Å². The summed E-state index contributed by atoms with van der Waals surface area (Å²) in [5, 5.41) is 3.97. The second kappa shape index (κ2) is 7.03. The van der Waals surface area contributed by atoms with Gasteiger partial charge in [-0.3, -0.25) is 0 Å². The average Bonchev–Trinajstić information content (AvgIpc) is 2.58. The third-order valence-electron chi connectivity index (χ3n) is 3.25. The van der Waals surface area contributed by atoms with Crippen molar-refractivity contribution in [2.24, 2.45) is 0 Å². The molecule has 4 nitrogen and oxygen atoms in total. The number of rotatable bonds is 5. The van der Waals surface area contributed by atoms with Crippen LogP contribution in [0.5, 0.6) is 5.75 Å². The number of ether oxygens (including phenoxy) is 1. The van der Waals surface area contributed by atoms with Gasteiger partial charge in [0.25, 0.3) is 0 Å². The largest absolute Gasteiger partial charge is 0.489 e. The quantitative estimate of drug-likeness (QED) is 0.717. The molecule has 0 radical (unpaired) electrons. The van der Waals surface area contributed by atoms with E-state index in [9.17, 15) is 0 Å². The number of halogens is 1. The number of nitrogens with zero attached hydrogens (tertiary/aromatic N) is 1. The van der Waals surface area contributed by atoms with Gasteiger partial charge in [-0.1, -0.05) is 23.7 Å². The fourth-order valence-corrected chi connectivity index (χ4v) is 2.15. The summed E-state index contributed by atoms with van der Waals surface area (Å²) < 4.78 is 5.75. The summed E-state index contributed by atoms with van der Waals surface area (Å²) in [5.41, 5.74) is 8.48. The molecule has 0 unspecified atom stereocenters. The molecule has 116 valence electrons. The van der Waals surface area contributed by atoms with Gasteiger partial charge in [0.05, 0.1) is 11.9 Å². The summed E-state index contributed by atoms with van der Waals surface area (Å²) in [6.45, 7) is 0.506. The summed E-state index contributed by atoms with van der Waals surface area (Å²) in [6.07, 6.45) is 1.69. The van der Waals surface area contributed by atoms with Crippen LogP contribution in [0, 0.1) is 0 Å². The molecule has 3 rings (SSSR count). The van der Waals surface area contributed by atoms with Crippen molar-refractivity contribution in [2.45, 2.75) is 6.61 Å². The van der Waals surface area contributed by atoms with Crippen LogP contribution < -0.4 is 15.8 Å². The number of pyridine rings is 1. The Balaban J connectivity index is 1.58. The van der Waals surface area contributed by atoms with E-state index in [-0.39, 0.29) is 0 Å². The minimum Gasteiger partial charge on any atom is -0.489 e. The fraction of sp³-hybridized carbons (Fsp3) is 0.0556. The van der Waals surface area contributed by atoms with Crippen molar-refractivity contribution in [3.8, 4) is 5.75 Å². The van der Waals surface area contributed by atoms with E-state index in [4.69, 9.17) is 22.1 Å². The molecule has 0 fully saturated rings. The zero-order chi connectivity index (χ0) is 16.1. The first kappa shape index (κ1) is 15.2. The number of anilines is 3. The van der Waals surface area contributed by atoms with Crippen molar-refractivity contribution in [3.05, 3.63) is 77.4 Å². The van der Waals surface area contributed by atoms with Gasteiger partial charge in [0.2, 0.25) is 0 Å². The minimum absolute atomic E-state index is 0.501. The first-order valence-corrected chi connectivity index (χ1v) is 7.53. The van der Waals surface area contributed by atoms with E-state index in [1.165, 1.54) is 0 Å². The Morgan fingerprint density at radius 3 is 2.26 bits per heavy atom. The Morgan fingerprint density at radius 2 is 1.61 bits per heavy atom. The molecule has 3 aromatic rings. The van der Waals surface area contributed by atoms with Gasteiger partial charge >= 0.3 is 0 Å². The van der Waals surface area contributed by atoms with E-state index >= 15 is 0 Å². The molecule has 5 heteroatoms. The van der Waals surface area contributed by atoms with Gasteiger partial charge < -0.3 is 15.8 Å². The Kier molecular flexibility index (Phi) is 4.64. The molecule has 0 amide bonds. The number of benzene rings is 2. The van der Waals surface area contributed by atoms with Crippen molar-refractivity contribution in [1.82, 2.24) is 4.98 Å². The molecule has 0 spiro atoms. The predicted octanol–water partition coefficient (Wildman–Crippen LogP) is 4.64. The molecule has 3 N–H and O–H groups in total. The van der Waals surface area contributed by atoms with Gasteiger partial charge in [0, 0.05) is 10.7 Å². The second-order valence-corrected chi connectivity index (χ2v) is 5.47. The highest BCUT2D eigenvalue weighted by atomic mass is 35.5. The number of nitrogen functional groups attached to an aromatic ring is 1. The molecular weight excluding hydrogens is 310 g/mol. The summed E-state index contributed by atoms with van der Waals surface area (Å²) in [6, 6.07) is 19.0. The summed E-state index contributed by atoms with van der Waals surface area (Å²) in [7, 11) is 0. The Bertz CT molecular complexity index is 756. The number of nitrogens with two attached hydrogens (primary N) is 1. The van der Waals surface area contributed by atoms with Crippen LogP contribution in [-0.2, 0) is 6.61 Å². The van der Waals surface area contributed by atoms with Gasteiger partial charge in [-0.2, -0.15) is 0 Å². The molecule has 1 heterocycles. The minimum atomic E-state index is 0.501. The topological polar surface area (TPSA) is 60.2 Å². The van der Waals surface area contributed by atoms with E-state index in [0.29, 0.717) is 12.4 Å². The van der Waals surface area contributed by atoms with Gasteiger partial charge in [-0.25, -0.2) is 4.98 Å². The fourth-order valence-electron chi connectivity index (χ4n) is 2.03. The van der Waals surface area contributed by atoms with Crippen LogP contribution in [0.4, 0.5) is 17.2 Å². The molecule has 0 saturated heterocycles. The maximum Gasteiger partial charge on any atom is 0.123 e. The van der Waals surface area contributed by atoms with E-state index in [1.54, 1.807) is 12.3 Å². The molecule has 0 saturated carbocycles. The van der Waals surface area contributed by atoms with Crippen LogP contribution in [0.2, 0.25) is 5.02 Å². The lowest BCUT2D eigenvalue weighted by molar-refractivity contribution is 0.306. The standard InChI is InChI=1S/C18H16ClN3O/c19-14-3-1-13(2-4-14)12-23-17-8-5-15(6-9-17)22-16-7-10-18(20)21-11-16/h1-11,22H,12H2,(H2,20,21). The highest BCUT2D eigenvalue weighted by Crippen LogP contribution is 2.21. The molecule has 23 heavy (non-hydrogen) atoms. The molecule has 0 aliphatic rings. The van der Waals surface area contributed by atoms with Crippen molar-refractivity contribution in [1.29, 1.82) is 0 Å². The van der Waals surface area contributed by atoms with E-state index in [0.717, 1.165) is 27.7 Å². The third-order valence-corrected chi connectivity index (χ3v) is 3.50. The molecule has 0 aliphatic heterocycles. The monoisotopic (exact) mass is 325 g/mol. The SMILES string of the molecule is Nc1ccc(Nc2ccc(OCc3ccc(Cl)cc3)cc2)cn1. The third kappa shape index (κ3) is 4.37. The highest BCUT2D eigenvalue weighted by Gasteiger charge is 1.99. The number of aromatic nitrogens is 1. The van der Waals surface area contributed by atoms with E-state index in [2.05, 4.69) is 10.3 Å². The van der Waals surface area contributed by atoms with Gasteiger partial charge in [-0.05, 0) is 54.1 Å². The Labute approximate surface area is 139 Å². The zero-order valence-electron chi connectivity index (χ0n) is 12.4. The average molecular weight is 326 g/mol. The first-order chi connectivity index (χ1) is 11.2. The van der Waals surface area contributed by atoms with Gasteiger partial charge in [0.1, 0.15) is 18.2 Å². The molecule has 2 aromatic carbocycles. The first-order valence-electron chi connectivity index (χ1n) is 7.15. The van der Waals surface area contributed by atoms with E-state index < -0.39 is 0 Å². The predicted molar refractivity (Wildman–Crippen MR) is 94.2 cm³/mol. The molecule has 0 atom stereocenters. The van der Waals surface area contributed by atoms with Crippen molar-refractivity contribution < 1.29 is 4.74 Å². The van der Waals surface area contributed by atoms with Crippen LogP contribution in [0.1, 0.15) is 5.56 Å². The summed E-state index contributed by atoms with van der Waals surface area (Å²) >= 11 is 5.86. The lowest BCUT2D eigenvalue weighted by Gasteiger charge is -2.09. The van der Waals surface area contributed by atoms with Gasteiger partial charge in [-0.15, -0.1) is 0 Å². The molecule has 0 bridgehead atoms. The lowest BCUT2D eigenvalue weighted by Crippen LogP contribution is -1.96. The van der Waals surface area contributed by atoms with Crippen LogP contribution >= 0.6 is 11.6 Å². The maximum absolute atomic E-state index is 5.86. The Morgan fingerprint density at radius 1 is 0.913 bits per heavy atom. The van der Waals surface area contributed by atoms with Crippen LogP contribution in [-0.4, -0.2) is 4.98 Å². The second-order valence-electron chi connectivity index (χ2n) is 5.04. The van der Waals surface area contributed by atoms with Crippen LogP contribution in [0.15, 0.2) is 66.9 Å². The summed E-state index contributed by atoms with van der Waals surface area (Å²) in [5.74, 6) is 1.31. The zero-order valence-corrected chi connectivity index (χ0v) is 13.1. The molecule has 0 aliphatic carbocycles. The smallest absolute Gasteiger partial charge is 0.123 e. The van der Waals surface area contributed by atoms with Crippen molar-refractivity contribution >= 4 is 28.8 Å². The lowest BCUT2D eigenvalue weighted by atomic mass is 10.2. The number of hydrogen-bond donors (Lipinski definition) is 2. The highest BCUT2D eigenvalue weighted by molar-refractivity contribution is 6.30. The Hall–Kier alpha value is -2.72. The van der Waals surface area contributed by atoms with Crippen molar-refractivity contribution in [3.63, 3.8) is 0 Å². The maximum atomic E-state index is 5.86. The van der Waals surface area contributed by atoms with Crippen LogP contribution in [0.3, 0.4) is 0 Å². The van der Waals surface area contributed by atoms with Crippen molar-refractivity contribution in [2.75, 3.05) is 11.1 Å².